The van der Waals surface area contributed by atoms with Crippen LogP contribution in [-0.2, 0) is 0 Å². The molecule has 15 heavy (non-hydrogen) atoms. The third-order valence-corrected chi connectivity index (χ3v) is 2.94. The highest BCUT2D eigenvalue weighted by molar-refractivity contribution is 6.32. The molecule has 80 valence electrons. The van der Waals surface area contributed by atoms with Gasteiger partial charge < -0.3 is 10.6 Å². The van der Waals surface area contributed by atoms with Crippen LogP contribution in [0.15, 0.2) is 12.1 Å². The van der Waals surface area contributed by atoms with Crippen molar-refractivity contribution in [1.29, 1.82) is 0 Å². The van der Waals surface area contributed by atoms with Gasteiger partial charge >= 0.3 is 6.03 Å². The minimum absolute atomic E-state index is 0.294. The second-order valence-corrected chi connectivity index (χ2v) is 3.88. The summed E-state index contributed by atoms with van der Waals surface area (Å²) in [4.78, 5) is 10.9. The molecule has 0 bridgehead atoms. The first-order chi connectivity index (χ1) is 7.09. The number of benzene rings is 1. The average Bonchev–Trinajstić information content (AvgIpc) is 2.59. The maximum Gasteiger partial charge on any atom is 0.315 e. The van der Waals surface area contributed by atoms with E-state index in [9.17, 15) is 9.18 Å². The molecule has 1 atom stereocenters. The molecular weight excluding hydrogens is 219 g/mol. The number of amides is 2. The zero-order valence-corrected chi connectivity index (χ0v) is 8.86. The Labute approximate surface area is 91.6 Å². The van der Waals surface area contributed by atoms with Crippen molar-refractivity contribution in [2.24, 2.45) is 0 Å². The van der Waals surface area contributed by atoms with Crippen LogP contribution < -0.4 is 10.6 Å². The summed E-state index contributed by atoms with van der Waals surface area (Å²) in [5.41, 5.74) is 1.16. The lowest BCUT2D eigenvalue weighted by Crippen LogP contribution is -2.22. The van der Waals surface area contributed by atoms with Crippen molar-refractivity contribution in [2.75, 3.05) is 6.54 Å². The lowest BCUT2D eigenvalue weighted by molar-refractivity contribution is 0.247. The fraction of sp³-hybridized carbons (Fsp3) is 0.300. The molecule has 1 fully saturated rings. The van der Waals surface area contributed by atoms with Gasteiger partial charge in [-0.05, 0) is 18.6 Å². The quantitative estimate of drug-likeness (QED) is 0.760. The molecule has 0 saturated carbocycles. The van der Waals surface area contributed by atoms with E-state index in [0.717, 1.165) is 5.56 Å². The van der Waals surface area contributed by atoms with Crippen molar-refractivity contribution in [3.63, 3.8) is 0 Å². The first kappa shape index (κ1) is 10.2. The molecule has 0 aliphatic carbocycles. The molecule has 3 nitrogen and oxygen atoms in total. The van der Waals surface area contributed by atoms with Gasteiger partial charge in [0.25, 0.3) is 0 Å². The smallest absolute Gasteiger partial charge is 0.315 e. The predicted octanol–water partition coefficient (Wildman–Crippen LogP) is 2.14. The van der Waals surface area contributed by atoms with Crippen LogP contribution in [0.4, 0.5) is 9.18 Å². The molecule has 1 aliphatic rings. The topological polar surface area (TPSA) is 41.1 Å². The van der Waals surface area contributed by atoms with Crippen molar-refractivity contribution in [2.45, 2.75) is 13.0 Å². The zero-order chi connectivity index (χ0) is 11.0. The molecule has 0 spiro atoms. The van der Waals surface area contributed by atoms with E-state index in [1.807, 2.05) is 0 Å². The van der Waals surface area contributed by atoms with Gasteiger partial charge in [0.05, 0.1) is 11.1 Å². The first-order valence-corrected chi connectivity index (χ1v) is 4.96. The van der Waals surface area contributed by atoms with E-state index in [2.05, 4.69) is 10.6 Å². The minimum atomic E-state index is -0.389. The Hall–Kier alpha value is -1.29. The van der Waals surface area contributed by atoms with E-state index < -0.39 is 0 Å². The molecule has 0 radical (unpaired) electrons. The number of urea groups is 1. The molecule has 1 saturated heterocycles. The summed E-state index contributed by atoms with van der Waals surface area (Å²) in [5.74, 6) is -0.389. The molecule has 0 unspecified atom stereocenters. The van der Waals surface area contributed by atoms with E-state index >= 15 is 0 Å². The molecule has 1 aliphatic heterocycles. The van der Waals surface area contributed by atoms with Crippen molar-refractivity contribution in [3.8, 4) is 0 Å². The van der Waals surface area contributed by atoms with E-state index in [1.54, 1.807) is 13.0 Å². The summed E-state index contributed by atoms with van der Waals surface area (Å²) in [6.45, 7) is 2.16. The van der Waals surface area contributed by atoms with Gasteiger partial charge in [-0.15, -0.1) is 0 Å². The van der Waals surface area contributed by atoms with E-state index in [0.29, 0.717) is 17.1 Å². The normalized spacial score (nSPS) is 19.9. The minimum Gasteiger partial charge on any atom is -0.336 e. The highest BCUT2D eigenvalue weighted by Crippen LogP contribution is 2.29. The molecule has 2 N–H and O–H groups in total. The van der Waals surface area contributed by atoms with Gasteiger partial charge in [0.15, 0.2) is 0 Å². The highest BCUT2D eigenvalue weighted by Gasteiger charge is 2.26. The van der Waals surface area contributed by atoms with Gasteiger partial charge in [0.2, 0.25) is 0 Å². The average molecular weight is 229 g/mol. The Kier molecular flexibility index (Phi) is 2.52. The Bertz CT molecular complexity index is 422. The second kappa shape index (κ2) is 3.70. The molecule has 2 amide bonds. The van der Waals surface area contributed by atoms with E-state index in [4.69, 9.17) is 11.6 Å². The van der Waals surface area contributed by atoms with Crippen molar-refractivity contribution in [3.05, 3.63) is 34.1 Å². The molecular formula is C10H10ClFN2O. The Morgan fingerprint density at radius 1 is 1.53 bits per heavy atom. The number of hydrogen-bond donors (Lipinski definition) is 2. The van der Waals surface area contributed by atoms with Gasteiger partial charge in [-0.25, -0.2) is 9.18 Å². The predicted molar refractivity (Wildman–Crippen MR) is 55.4 cm³/mol. The van der Waals surface area contributed by atoms with Crippen molar-refractivity contribution < 1.29 is 9.18 Å². The number of rotatable bonds is 1. The molecule has 0 aromatic heterocycles. The standard InChI is InChI=1S/C10H10ClFN2O/c1-5-2-3-6(12)8(9(5)11)7-4-13-10(15)14-7/h2-3,7H,4H2,1H3,(H2,13,14,15)/t7-/m0/s1. The molecule has 1 aromatic carbocycles. The molecule has 1 aromatic rings. The number of nitrogens with one attached hydrogen (secondary N) is 2. The summed E-state index contributed by atoms with van der Waals surface area (Å²) in [7, 11) is 0. The Morgan fingerprint density at radius 2 is 2.27 bits per heavy atom. The third kappa shape index (κ3) is 1.77. The summed E-state index contributed by atoms with van der Waals surface area (Å²) in [6.07, 6.45) is 0. The summed E-state index contributed by atoms with van der Waals surface area (Å²) in [5, 5.41) is 5.55. The van der Waals surface area contributed by atoms with Crippen molar-refractivity contribution >= 4 is 17.6 Å². The van der Waals surface area contributed by atoms with Crippen LogP contribution in [0.1, 0.15) is 17.2 Å². The molecule has 5 heteroatoms. The summed E-state index contributed by atoms with van der Waals surface area (Å²) < 4.78 is 13.5. The van der Waals surface area contributed by atoms with Crippen LogP contribution in [0.2, 0.25) is 5.02 Å². The number of halogens is 2. The van der Waals surface area contributed by atoms with E-state index in [-0.39, 0.29) is 17.9 Å². The largest absolute Gasteiger partial charge is 0.336 e. The third-order valence-electron chi connectivity index (χ3n) is 2.44. The zero-order valence-electron chi connectivity index (χ0n) is 8.10. The fourth-order valence-electron chi connectivity index (χ4n) is 1.63. The SMILES string of the molecule is Cc1ccc(F)c([C@@H]2CNC(=O)N2)c1Cl. The second-order valence-electron chi connectivity index (χ2n) is 3.50. The monoisotopic (exact) mass is 228 g/mol. The van der Waals surface area contributed by atoms with Gasteiger partial charge in [-0.3, -0.25) is 0 Å². The van der Waals surface area contributed by atoms with Crippen LogP contribution in [0.3, 0.4) is 0 Å². The Balaban J connectivity index is 2.43. The van der Waals surface area contributed by atoms with Crippen molar-refractivity contribution in [1.82, 2.24) is 10.6 Å². The summed E-state index contributed by atoms with van der Waals surface area (Å²) >= 11 is 6.01. The van der Waals surface area contributed by atoms with Crippen LogP contribution in [-0.4, -0.2) is 12.6 Å². The lowest BCUT2D eigenvalue weighted by atomic mass is 10.0. The van der Waals surface area contributed by atoms with Gasteiger partial charge in [0.1, 0.15) is 5.82 Å². The van der Waals surface area contributed by atoms with Gasteiger partial charge in [-0.1, -0.05) is 17.7 Å². The van der Waals surface area contributed by atoms with Crippen LogP contribution in [0, 0.1) is 12.7 Å². The number of carbonyl (C=O) groups excluding carboxylic acids is 1. The van der Waals surface area contributed by atoms with E-state index in [1.165, 1.54) is 6.07 Å². The summed E-state index contributed by atoms with van der Waals surface area (Å²) in [6, 6.07) is 2.30. The fourth-order valence-corrected chi connectivity index (χ4v) is 1.91. The van der Waals surface area contributed by atoms with Gasteiger partial charge in [-0.2, -0.15) is 0 Å². The maximum absolute atomic E-state index is 13.5. The number of carbonyl (C=O) groups is 1. The number of hydrogen-bond acceptors (Lipinski definition) is 1. The van der Waals surface area contributed by atoms with Crippen LogP contribution in [0.25, 0.3) is 0 Å². The van der Waals surface area contributed by atoms with Gasteiger partial charge in [0, 0.05) is 12.1 Å². The Morgan fingerprint density at radius 3 is 2.87 bits per heavy atom. The first-order valence-electron chi connectivity index (χ1n) is 4.58. The molecule has 2 rings (SSSR count). The number of aryl methyl sites for hydroxylation is 1. The maximum atomic E-state index is 13.5. The lowest BCUT2D eigenvalue weighted by Gasteiger charge is -2.13. The van der Waals surface area contributed by atoms with Crippen LogP contribution >= 0.6 is 11.6 Å². The molecule has 1 heterocycles. The highest BCUT2D eigenvalue weighted by atomic mass is 35.5. The van der Waals surface area contributed by atoms with Crippen LogP contribution in [0.5, 0.6) is 0 Å².